The number of rotatable bonds is 7. The van der Waals surface area contributed by atoms with Crippen LogP contribution in [0.2, 0.25) is 0 Å². The molecule has 0 saturated heterocycles. The van der Waals surface area contributed by atoms with Crippen LogP contribution in [0.15, 0.2) is 24.3 Å². The van der Waals surface area contributed by atoms with Gasteiger partial charge < -0.3 is 10.1 Å². The maximum atomic E-state index is 12.2. The predicted octanol–water partition coefficient (Wildman–Crippen LogP) is 1.16. The fourth-order valence-corrected chi connectivity index (χ4v) is 1.88. The third-order valence-electron chi connectivity index (χ3n) is 3.41. The van der Waals surface area contributed by atoms with Gasteiger partial charge in [0.2, 0.25) is 0 Å². The van der Waals surface area contributed by atoms with Gasteiger partial charge in [-0.2, -0.15) is 0 Å². The molecule has 0 spiro atoms. The quantitative estimate of drug-likeness (QED) is 0.773. The van der Waals surface area contributed by atoms with E-state index in [0.717, 1.165) is 12.1 Å². The summed E-state index contributed by atoms with van der Waals surface area (Å²) in [5.74, 6) is 0.347. The smallest absolute Gasteiger partial charge is 0.182 e. The molecule has 0 aliphatic heterocycles. The van der Waals surface area contributed by atoms with Crippen molar-refractivity contribution in [1.82, 2.24) is 25.5 Å². The second kappa shape index (κ2) is 6.76. The number of ether oxygens (including phenoxy) is 1. The Morgan fingerprint density at radius 1 is 1.32 bits per heavy atom. The Morgan fingerprint density at radius 3 is 2.59 bits per heavy atom. The van der Waals surface area contributed by atoms with E-state index in [1.165, 1.54) is 4.80 Å². The topological polar surface area (TPSA) is 81.9 Å². The maximum absolute atomic E-state index is 12.2. The van der Waals surface area contributed by atoms with Crippen molar-refractivity contribution in [2.24, 2.45) is 0 Å². The lowest BCUT2D eigenvalue weighted by Crippen LogP contribution is -2.30. The van der Waals surface area contributed by atoms with Crippen molar-refractivity contribution in [2.45, 2.75) is 32.5 Å². The van der Waals surface area contributed by atoms with Crippen LogP contribution < -0.4 is 5.32 Å². The van der Waals surface area contributed by atoms with Crippen molar-refractivity contribution >= 4 is 5.78 Å². The fourth-order valence-electron chi connectivity index (χ4n) is 1.88. The average molecular weight is 303 g/mol. The molecule has 7 nitrogen and oxygen atoms in total. The molecule has 22 heavy (non-hydrogen) atoms. The molecule has 0 atom stereocenters. The number of benzene rings is 1. The van der Waals surface area contributed by atoms with Crippen molar-refractivity contribution < 1.29 is 9.53 Å². The molecule has 7 heteroatoms. The van der Waals surface area contributed by atoms with Crippen LogP contribution in [0.25, 0.3) is 0 Å². The van der Waals surface area contributed by atoms with Gasteiger partial charge in [-0.3, -0.25) is 4.79 Å². The molecular formula is C15H21N5O2. The summed E-state index contributed by atoms with van der Waals surface area (Å²) in [6, 6.07) is 7.50. The number of methoxy groups -OCH3 is 1. The number of ketones is 1. The van der Waals surface area contributed by atoms with Gasteiger partial charge in [-0.05, 0) is 31.7 Å². The lowest BCUT2D eigenvalue weighted by Gasteiger charge is -2.20. The number of hydrogen-bond acceptors (Lipinski definition) is 6. The van der Waals surface area contributed by atoms with Crippen LogP contribution in [0.3, 0.4) is 0 Å². The van der Waals surface area contributed by atoms with Crippen molar-refractivity contribution in [3.63, 3.8) is 0 Å². The van der Waals surface area contributed by atoms with Gasteiger partial charge >= 0.3 is 0 Å². The van der Waals surface area contributed by atoms with Crippen molar-refractivity contribution in [2.75, 3.05) is 14.2 Å². The van der Waals surface area contributed by atoms with Crippen molar-refractivity contribution in [1.29, 1.82) is 0 Å². The zero-order chi connectivity index (χ0) is 16.2. The first kappa shape index (κ1) is 16.3. The monoisotopic (exact) mass is 303 g/mol. The van der Waals surface area contributed by atoms with Gasteiger partial charge in [0.1, 0.15) is 0 Å². The second-order valence-electron chi connectivity index (χ2n) is 5.47. The zero-order valence-corrected chi connectivity index (χ0v) is 13.3. The summed E-state index contributed by atoms with van der Waals surface area (Å²) in [4.78, 5) is 13.6. The Kier molecular flexibility index (Phi) is 4.99. The molecule has 2 aromatic rings. The first-order valence-electron chi connectivity index (χ1n) is 7.07. The first-order valence-corrected chi connectivity index (χ1v) is 7.07. The predicted molar refractivity (Wildman–Crippen MR) is 81.4 cm³/mol. The van der Waals surface area contributed by atoms with Crippen LogP contribution >= 0.6 is 0 Å². The summed E-state index contributed by atoms with van der Waals surface area (Å²) in [5.41, 5.74) is 1.08. The molecule has 0 aliphatic rings. The van der Waals surface area contributed by atoms with E-state index >= 15 is 0 Å². The van der Waals surface area contributed by atoms with E-state index in [1.807, 2.05) is 45.2 Å². The van der Waals surface area contributed by atoms with Gasteiger partial charge in [0.15, 0.2) is 17.3 Å². The molecule has 1 heterocycles. The minimum Gasteiger partial charge on any atom is -0.356 e. The molecule has 1 N–H and O–H groups in total. The van der Waals surface area contributed by atoms with Gasteiger partial charge in [-0.15, -0.1) is 15.0 Å². The molecule has 118 valence electrons. The molecule has 0 saturated carbocycles. The Morgan fingerprint density at radius 2 is 2.00 bits per heavy atom. The molecule has 0 aliphatic carbocycles. The SMILES string of the molecule is CNCc1ccc(C(=O)Cc2nnn(C(C)(C)OC)n2)cc1. The highest BCUT2D eigenvalue weighted by Gasteiger charge is 2.23. The number of tetrazole rings is 1. The molecule has 1 aromatic heterocycles. The van der Waals surface area contributed by atoms with E-state index < -0.39 is 5.72 Å². The Balaban J connectivity index is 2.06. The van der Waals surface area contributed by atoms with Crippen LogP contribution in [-0.4, -0.2) is 40.1 Å². The van der Waals surface area contributed by atoms with Gasteiger partial charge in [0, 0.05) is 19.2 Å². The molecule has 1 aromatic carbocycles. The number of Topliss-reactive ketones (excluding diaryl/α,β-unsaturated/α-hetero) is 1. The van der Waals surface area contributed by atoms with E-state index in [2.05, 4.69) is 20.7 Å². The van der Waals surface area contributed by atoms with E-state index in [-0.39, 0.29) is 12.2 Å². The highest BCUT2D eigenvalue weighted by Crippen LogP contribution is 2.12. The number of carbonyl (C=O) groups excluding carboxylic acids is 1. The third-order valence-corrected chi connectivity index (χ3v) is 3.41. The maximum Gasteiger partial charge on any atom is 0.182 e. The summed E-state index contributed by atoms with van der Waals surface area (Å²) in [6.07, 6.45) is 0.116. The first-order chi connectivity index (χ1) is 10.5. The molecule has 0 amide bonds. The van der Waals surface area contributed by atoms with Gasteiger partial charge in [0.25, 0.3) is 0 Å². The lowest BCUT2D eigenvalue weighted by atomic mass is 10.1. The minimum absolute atomic E-state index is 0.0363. The third kappa shape index (κ3) is 3.75. The summed E-state index contributed by atoms with van der Waals surface area (Å²) in [6.45, 7) is 4.41. The van der Waals surface area contributed by atoms with Gasteiger partial charge in [-0.1, -0.05) is 24.3 Å². The number of aromatic nitrogens is 4. The van der Waals surface area contributed by atoms with Crippen LogP contribution in [0.5, 0.6) is 0 Å². The van der Waals surface area contributed by atoms with Crippen LogP contribution in [0.1, 0.15) is 35.6 Å². The molecule has 0 bridgehead atoms. The fraction of sp³-hybridized carbons (Fsp3) is 0.467. The highest BCUT2D eigenvalue weighted by atomic mass is 16.5. The van der Waals surface area contributed by atoms with E-state index in [0.29, 0.717) is 11.4 Å². The van der Waals surface area contributed by atoms with Gasteiger partial charge in [0.05, 0.1) is 6.42 Å². The lowest BCUT2D eigenvalue weighted by molar-refractivity contribution is -0.0671. The van der Waals surface area contributed by atoms with Crippen molar-refractivity contribution in [3.8, 4) is 0 Å². The summed E-state index contributed by atoms with van der Waals surface area (Å²) < 4.78 is 5.27. The molecule has 2 rings (SSSR count). The second-order valence-corrected chi connectivity index (χ2v) is 5.47. The molecule has 0 radical (unpaired) electrons. The number of carbonyl (C=O) groups is 1. The standard InChI is InChI=1S/C15H21N5O2/c1-15(2,22-4)20-18-14(17-19-20)9-13(21)12-7-5-11(6-8-12)10-16-3/h5-8,16H,9-10H2,1-4H3. The van der Waals surface area contributed by atoms with E-state index in [1.54, 1.807) is 7.11 Å². The molecule has 0 fully saturated rings. The largest absolute Gasteiger partial charge is 0.356 e. The van der Waals surface area contributed by atoms with Crippen LogP contribution in [-0.2, 0) is 23.4 Å². The summed E-state index contributed by atoms with van der Waals surface area (Å²) in [7, 11) is 3.45. The number of nitrogens with one attached hydrogen (secondary N) is 1. The Bertz CT molecular complexity index is 634. The summed E-state index contributed by atoms with van der Waals surface area (Å²) in [5, 5.41) is 15.1. The Hall–Kier alpha value is -2.12. The van der Waals surface area contributed by atoms with E-state index in [9.17, 15) is 4.79 Å². The average Bonchev–Trinajstić information content (AvgIpc) is 2.97. The highest BCUT2D eigenvalue weighted by molar-refractivity contribution is 5.97. The number of nitrogens with zero attached hydrogens (tertiary/aromatic N) is 4. The molecule has 0 unspecified atom stereocenters. The number of hydrogen-bond donors (Lipinski definition) is 1. The summed E-state index contributed by atoms with van der Waals surface area (Å²) >= 11 is 0. The van der Waals surface area contributed by atoms with Crippen LogP contribution in [0, 0.1) is 0 Å². The minimum atomic E-state index is -0.691. The normalized spacial score (nSPS) is 11.6. The van der Waals surface area contributed by atoms with Gasteiger partial charge in [-0.25, -0.2) is 0 Å². The Labute approximate surface area is 129 Å². The van der Waals surface area contributed by atoms with Crippen molar-refractivity contribution in [3.05, 3.63) is 41.2 Å². The van der Waals surface area contributed by atoms with E-state index in [4.69, 9.17) is 4.74 Å². The van der Waals surface area contributed by atoms with Crippen LogP contribution in [0.4, 0.5) is 0 Å². The zero-order valence-electron chi connectivity index (χ0n) is 13.3. The molecular weight excluding hydrogens is 282 g/mol.